The maximum Gasteiger partial charge on any atom is 0.323 e. The monoisotopic (exact) mass is 248 g/mol. The number of carbonyl (C=O) groups is 2. The molecule has 0 saturated heterocycles. The van der Waals surface area contributed by atoms with Crippen LogP contribution in [0, 0.1) is 0 Å². The maximum atomic E-state index is 9.75. The van der Waals surface area contributed by atoms with Crippen molar-refractivity contribution in [3.63, 3.8) is 0 Å². The molecule has 0 aliphatic carbocycles. The second kappa shape index (κ2) is 22.5. The van der Waals surface area contributed by atoms with Crippen molar-refractivity contribution in [2.24, 2.45) is 5.73 Å². The molecule has 10 heteroatoms. The Morgan fingerprint density at radius 1 is 1.15 bits per heavy atom. The molecule has 13 heavy (non-hydrogen) atoms. The number of hydrogen-bond acceptors (Lipinski definition) is 2. The van der Waals surface area contributed by atoms with E-state index in [4.69, 9.17) is 5.11 Å². The molecule has 0 aliphatic rings. The Hall–Kier alpha value is -0.926. The SMILES string of the molecule is NC(=O)NCC(=O)O.O.O.O.O.[Ni]. The second-order valence-corrected chi connectivity index (χ2v) is 1.11. The van der Waals surface area contributed by atoms with E-state index in [0.29, 0.717) is 0 Å². The number of urea groups is 1. The predicted molar refractivity (Wildman–Crippen MR) is 39.7 cm³/mol. The topological polar surface area (TPSA) is 218 Å². The summed E-state index contributed by atoms with van der Waals surface area (Å²) in [5.74, 6) is -1.11. The fraction of sp³-hybridized carbons (Fsp3) is 0.333. The first kappa shape index (κ1) is 40.1. The van der Waals surface area contributed by atoms with Crippen LogP contribution in [0.5, 0.6) is 0 Å². The smallest absolute Gasteiger partial charge is 0.323 e. The minimum atomic E-state index is -1.11. The molecule has 0 aromatic rings. The summed E-state index contributed by atoms with van der Waals surface area (Å²) in [5, 5.41) is 9.78. The van der Waals surface area contributed by atoms with Gasteiger partial charge in [-0.1, -0.05) is 0 Å². The minimum Gasteiger partial charge on any atom is -0.480 e. The number of nitrogens with one attached hydrogen (secondary N) is 1. The molecule has 0 rings (SSSR count). The zero-order valence-corrected chi connectivity index (χ0v) is 7.35. The van der Waals surface area contributed by atoms with Crippen LogP contribution in [0.3, 0.4) is 0 Å². The molecule has 0 aliphatic heterocycles. The molecule has 0 aromatic carbocycles. The zero-order valence-electron chi connectivity index (χ0n) is 6.36. The summed E-state index contributed by atoms with van der Waals surface area (Å²) in [6.45, 7) is -0.421. The van der Waals surface area contributed by atoms with Gasteiger partial charge in [0.1, 0.15) is 6.54 Å². The molecule has 0 atom stereocenters. The van der Waals surface area contributed by atoms with E-state index < -0.39 is 18.5 Å². The van der Waals surface area contributed by atoms with Crippen LogP contribution in [-0.2, 0) is 21.3 Å². The summed E-state index contributed by atoms with van der Waals surface area (Å²) >= 11 is 0. The molecule has 0 saturated carbocycles. The van der Waals surface area contributed by atoms with Gasteiger partial charge in [-0.25, -0.2) is 4.79 Å². The van der Waals surface area contributed by atoms with Gasteiger partial charge < -0.3 is 38.1 Å². The first-order valence-corrected chi connectivity index (χ1v) is 1.88. The van der Waals surface area contributed by atoms with Gasteiger partial charge in [0, 0.05) is 16.5 Å². The van der Waals surface area contributed by atoms with Gasteiger partial charge in [0.15, 0.2) is 0 Å². The van der Waals surface area contributed by atoms with E-state index in [2.05, 4.69) is 5.73 Å². The summed E-state index contributed by atoms with van der Waals surface area (Å²) in [6, 6.07) is -0.826. The number of carboxylic acid groups (broad SMARTS) is 1. The molecule has 0 unspecified atom stereocenters. The molecule has 88 valence electrons. The van der Waals surface area contributed by atoms with Crippen molar-refractivity contribution in [3.8, 4) is 0 Å². The van der Waals surface area contributed by atoms with Crippen molar-refractivity contribution in [2.45, 2.75) is 0 Å². The average Bonchev–Trinajstić information content (AvgIpc) is 1.61. The molecule has 2 amide bonds. The number of hydrogen-bond donors (Lipinski definition) is 3. The van der Waals surface area contributed by atoms with Crippen molar-refractivity contribution in [1.29, 1.82) is 0 Å². The third-order valence-electron chi connectivity index (χ3n) is 0.414. The summed E-state index contributed by atoms with van der Waals surface area (Å²) < 4.78 is 0. The van der Waals surface area contributed by atoms with E-state index in [1.165, 1.54) is 0 Å². The Labute approximate surface area is 83.4 Å². The number of rotatable bonds is 2. The molecule has 0 heterocycles. The van der Waals surface area contributed by atoms with Crippen LogP contribution in [0.2, 0.25) is 0 Å². The van der Waals surface area contributed by atoms with E-state index in [1.54, 1.807) is 0 Å². The summed E-state index contributed by atoms with van der Waals surface area (Å²) in [7, 11) is 0. The van der Waals surface area contributed by atoms with Crippen molar-refractivity contribution < 1.29 is 53.1 Å². The Morgan fingerprint density at radius 2 is 1.46 bits per heavy atom. The van der Waals surface area contributed by atoms with Crippen LogP contribution < -0.4 is 11.1 Å². The fourth-order valence-corrected chi connectivity index (χ4v) is 0.163. The van der Waals surface area contributed by atoms with Gasteiger partial charge >= 0.3 is 12.0 Å². The Kier molecular flexibility index (Phi) is 69.3. The molecule has 9 nitrogen and oxygen atoms in total. The van der Waals surface area contributed by atoms with E-state index in [0.717, 1.165) is 0 Å². The van der Waals surface area contributed by atoms with Gasteiger partial charge in [0.05, 0.1) is 0 Å². The molecule has 0 aromatic heterocycles. The molecule has 0 spiro atoms. The number of carboxylic acids is 1. The first-order valence-electron chi connectivity index (χ1n) is 1.88. The largest absolute Gasteiger partial charge is 0.480 e. The number of nitrogens with two attached hydrogens (primary N) is 1. The molecule has 0 fully saturated rings. The van der Waals surface area contributed by atoms with Gasteiger partial charge in [0.25, 0.3) is 0 Å². The average molecular weight is 249 g/mol. The summed E-state index contributed by atoms with van der Waals surface area (Å²) in [4.78, 5) is 19.4. The Balaban J connectivity index is -0.0000000245. The van der Waals surface area contributed by atoms with Crippen LogP contribution in [-0.4, -0.2) is 45.6 Å². The van der Waals surface area contributed by atoms with E-state index in [-0.39, 0.29) is 38.4 Å². The van der Waals surface area contributed by atoms with E-state index in [1.807, 2.05) is 5.32 Å². The van der Waals surface area contributed by atoms with E-state index >= 15 is 0 Å². The Bertz CT molecular complexity index is 106. The third-order valence-corrected chi connectivity index (χ3v) is 0.414. The van der Waals surface area contributed by atoms with Crippen molar-refractivity contribution in [1.82, 2.24) is 5.32 Å². The summed E-state index contributed by atoms with van der Waals surface area (Å²) in [6.07, 6.45) is 0. The molecule has 0 radical (unpaired) electrons. The molecule has 0 bridgehead atoms. The van der Waals surface area contributed by atoms with Gasteiger partial charge in [-0.2, -0.15) is 0 Å². The number of aliphatic carboxylic acids is 1. The van der Waals surface area contributed by atoms with Crippen LogP contribution in [0.1, 0.15) is 0 Å². The fourth-order valence-electron chi connectivity index (χ4n) is 0.163. The third kappa shape index (κ3) is 54.9. The standard InChI is InChI=1S/C3H6N2O3.Ni.4H2O/c4-3(8)5-1-2(6)7;;;;;/h1H2,(H,6,7)(H3,4,5,8);;4*1H2. The Morgan fingerprint density at radius 3 is 1.54 bits per heavy atom. The van der Waals surface area contributed by atoms with Crippen molar-refractivity contribution in [2.75, 3.05) is 6.54 Å². The number of amides is 2. The quantitative estimate of drug-likeness (QED) is 0.411. The normalized spacial score (nSPS) is 4.92. The number of primary amides is 1. The first-order chi connectivity index (χ1) is 3.63. The molecule has 12 N–H and O–H groups in total. The van der Waals surface area contributed by atoms with E-state index in [9.17, 15) is 9.59 Å². The molecular weight excluding hydrogens is 235 g/mol. The van der Waals surface area contributed by atoms with Gasteiger partial charge in [-0.3, -0.25) is 4.79 Å². The van der Waals surface area contributed by atoms with Crippen LogP contribution in [0.25, 0.3) is 0 Å². The van der Waals surface area contributed by atoms with Crippen LogP contribution in [0.15, 0.2) is 0 Å². The zero-order chi connectivity index (χ0) is 6.57. The van der Waals surface area contributed by atoms with Crippen molar-refractivity contribution >= 4 is 12.0 Å². The van der Waals surface area contributed by atoms with Gasteiger partial charge in [0.2, 0.25) is 0 Å². The van der Waals surface area contributed by atoms with Gasteiger partial charge in [-0.05, 0) is 0 Å². The maximum absolute atomic E-state index is 9.75. The summed E-state index contributed by atoms with van der Waals surface area (Å²) in [5.41, 5.74) is 4.53. The predicted octanol–water partition coefficient (Wildman–Crippen LogP) is -4.56. The van der Waals surface area contributed by atoms with Crippen LogP contribution in [0.4, 0.5) is 4.79 Å². The van der Waals surface area contributed by atoms with Crippen molar-refractivity contribution in [3.05, 3.63) is 0 Å². The number of carbonyl (C=O) groups excluding carboxylic acids is 1. The second-order valence-electron chi connectivity index (χ2n) is 1.11. The molecular formula is C3H14N2NiO7. The minimum absolute atomic E-state index is 0. The van der Waals surface area contributed by atoms with Gasteiger partial charge in [-0.15, -0.1) is 0 Å². The van der Waals surface area contributed by atoms with Crippen LogP contribution >= 0.6 is 0 Å².